The zero-order valence-corrected chi connectivity index (χ0v) is 9.61. The van der Waals surface area contributed by atoms with Gasteiger partial charge in [-0.05, 0) is 43.3 Å². The van der Waals surface area contributed by atoms with E-state index in [1.807, 2.05) is 12.4 Å². The van der Waals surface area contributed by atoms with E-state index in [-0.39, 0.29) is 0 Å². The fourth-order valence-electron chi connectivity index (χ4n) is 0.973. The van der Waals surface area contributed by atoms with Crippen LogP contribution in [-0.4, -0.2) is 4.98 Å². The molecule has 0 amide bonds. The lowest BCUT2D eigenvalue weighted by Gasteiger charge is -2.09. The first-order valence-electron chi connectivity index (χ1n) is 3.42. The van der Waals surface area contributed by atoms with Crippen LogP contribution < -0.4 is 0 Å². The molecule has 0 radical (unpaired) electrons. The highest BCUT2D eigenvalue weighted by Gasteiger charge is 2.08. The van der Waals surface area contributed by atoms with Gasteiger partial charge < -0.3 is 0 Å². The molecule has 0 fully saturated rings. The maximum atomic E-state index is 4.03. The fraction of sp³-hybridized carbons (Fsp3) is 0.375. The molecule has 60 valence electrons. The second-order valence-electron chi connectivity index (χ2n) is 2.67. The van der Waals surface area contributed by atoms with Gasteiger partial charge in [-0.25, -0.2) is 0 Å². The quantitative estimate of drug-likeness (QED) is 0.763. The molecule has 0 N–H and O–H groups in total. The van der Waals surface area contributed by atoms with E-state index in [1.165, 1.54) is 5.56 Å². The highest BCUT2D eigenvalue weighted by atomic mass is 79.9. The first kappa shape index (κ1) is 9.20. The van der Waals surface area contributed by atoms with Gasteiger partial charge in [0.1, 0.15) is 0 Å². The second-order valence-corrected chi connectivity index (χ2v) is 4.38. The number of halogens is 2. The van der Waals surface area contributed by atoms with Gasteiger partial charge in [0.2, 0.25) is 0 Å². The lowest BCUT2D eigenvalue weighted by atomic mass is 10.1. The molecule has 0 spiro atoms. The molecule has 1 rings (SSSR count). The van der Waals surface area contributed by atoms with Gasteiger partial charge in [0.25, 0.3) is 0 Å². The normalized spacial score (nSPS) is 10.6. The van der Waals surface area contributed by atoms with Gasteiger partial charge in [0.05, 0.1) is 0 Å². The monoisotopic (exact) mass is 277 g/mol. The summed E-state index contributed by atoms with van der Waals surface area (Å²) in [7, 11) is 0. The third-order valence-corrected chi connectivity index (χ3v) is 2.73. The topological polar surface area (TPSA) is 12.9 Å². The van der Waals surface area contributed by atoms with Gasteiger partial charge in [-0.3, -0.25) is 4.98 Å². The maximum Gasteiger partial charge on any atom is 0.0413 e. The molecule has 0 aliphatic rings. The molecule has 3 heteroatoms. The van der Waals surface area contributed by atoms with E-state index in [4.69, 9.17) is 0 Å². The Hall–Kier alpha value is 0.110. The van der Waals surface area contributed by atoms with Crippen molar-refractivity contribution >= 4 is 31.9 Å². The van der Waals surface area contributed by atoms with Crippen LogP contribution >= 0.6 is 31.9 Å². The van der Waals surface area contributed by atoms with Crippen LogP contribution in [0.1, 0.15) is 25.3 Å². The van der Waals surface area contributed by atoms with Crippen molar-refractivity contribution in [3.05, 3.63) is 26.9 Å². The molecule has 0 unspecified atom stereocenters. The Labute approximate surface area is 83.5 Å². The van der Waals surface area contributed by atoms with Crippen LogP contribution in [0.3, 0.4) is 0 Å². The molecule has 1 aromatic heterocycles. The Balaban J connectivity index is 3.21. The van der Waals surface area contributed by atoms with E-state index in [2.05, 4.69) is 50.7 Å². The number of hydrogen-bond donors (Lipinski definition) is 0. The highest BCUT2D eigenvalue weighted by molar-refractivity contribution is 9.11. The minimum Gasteiger partial charge on any atom is -0.262 e. The number of pyridine rings is 1. The molecule has 0 bridgehead atoms. The summed E-state index contributed by atoms with van der Waals surface area (Å²) < 4.78 is 2.14. The summed E-state index contributed by atoms with van der Waals surface area (Å²) >= 11 is 6.91. The fourth-order valence-corrected chi connectivity index (χ4v) is 2.82. The summed E-state index contributed by atoms with van der Waals surface area (Å²) in [6, 6.07) is 0. The molecular formula is C8H9Br2N. The zero-order valence-electron chi connectivity index (χ0n) is 6.44. The summed E-state index contributed by atoms with van der Waals surface area (Å²) in [5, 5.41) is 0. The largest absolute Gasteiger partial charge is 0.262 e. The van der Waals surface area contributed by atoms with Crippen LogP contribution in [0.4, 0.5) is 0 Å². The van der Waals surface area contributed by atoms with E-state index >= 15 is 0 Å². The summed E-state index contributed by atoms with van der Waals surface area (Å²) in [6.07, 6.45) is 3.64. The smallest absolute Gasteiger partial charge is 0.0413 e. The summed E-state index contributed by atoms with van der Waals surface area (Å²) in [5.74, 6) is 0.516. The van der Waals surface area contributed by atoms with Crippen LogP contribution in [0.5, 0.6) is 0 Å². The molecule has 1 nitrogen and oxygen atoms in total. The minimum absolute atomic E-state index is 0.516. The third kappa shape index (κ3) is 2.03. The Morgan fingerprint density at radius 3 is 1.91 bits per heavy atom. The summed E-state index contributed by atoms with van der Waals surface area (Å²) in [6.45, 7) is 4.32. The van der Waals surface area contributed by atoms with Gasteiger partial charge >= 0.3 is 0 Å². The van der Waals surface area contributed by atoms with E-state index in [9.17, 15) is 0 Å². The molecular weight excluding hydrogens is 270 g/mol. The van der Waals surface area contributed by atoms with Crippen LogP contribution in [-0.2, 0) is 0 Å². The zero-order chi connectivity index (χ0) is 8.43. The molecule has 0 aromatic carbocycles. The first-order chi connectivity index (χ1) is 5.13. The standard InChI is InChI=1S/C8H9Br2N/c1-5(2)8-6(9)3-11-4-7(8)10/h3-5H,1-2H3. The van der Waals surface area contributed by atoms with Gasteiger partial charge in [0, 0.05) is 21.3 Å². The predicted octanol–water partition coefficient (Wildman–Crippen LogP) is 3.73. The van der Waals surface area contributed by atoms with Gasteiger partial charge in [-0.1, -0.05) is 13.8 Å². The van der Waals surface area contributed by atoms with Crippen molar-refractivity contribution in [2.45, 2.75) is 19.8 Å². The lowest BCUT2D eigenvalue weighted by molar-refractivity contribution is 0.850. The predicted molar refractivity (Wildman–Crippen MR) is 53.7 cm³/mol. The highest BCUT2D eigenvalue weighted by Crippen LogP contribution is 2.30. The molecule has 1 heterocycles. The summed E-state index contributed by atoms with van der Waals surface area (Å²) in [4.78, 5) is 4.03. The number of rotatable bonds is 1. The van der Waals surface area contributed by atoms with Gasteiger partial charge in [0.15, 0.2) is 0 Å². The molecule has 0 saturated heterocycles. The van der Waals surface area contributed by atoms with Crippen LogP contribution in [0.2, 0.25) is 0 Å². The summed E-state index contributed by atoms with van der Waals surface area (Å²) in [5.41, 5.74) is 1.28. The van der Waals surface area contributed by atoms with E-state index in [0.29, 0.717) is 5.92 Å². The van der Waals surface area contributed by atoms with Crippen molar-refractivity contribution in [2.75, 3.05) is 0 Å². The Morgan fingerprint density at radius 2 is 1.64 bits per heavy atom. The van der Waals surface area contributed by atoms with Crippen LogP contribution in [0.25, 0.3) is 0 Å². The maximum absolute atomic E-state index is 4.03. The van der Waals surface area contributed by atoms with E-state index in [0.717, 1.165) is 8.95 Å². The molecule has 0 atom stereocenters. The van der Waals surface area contributed by atoms with Crippen molar-refractivity contribution in [3.63, 3.8) is 0 Å². The molecule has 0 saturated carbocycles. The van der Waals surface area contributed by atoms with Crippen molar-refractivity contribution < 1.29 is 0 Å². The van der Waals surface area contributed by atoms with E-state index in [1.54, 1.807) is 0 Å². The Bertz CT molecular complexity index is 238. The molecule has 0 aliphatic heterocycles. The van der Waals surface area contributed by atoms with Crippen LogP contribution in [0.15, 0.2) is 21.3 Å². The molecule has 11 heavy (non-hydrogen) atoms. The SMILES string of the molecule is CC(C)c1c(Br)cncc1Br. The number of aromatic nitrogens is 1. The van der Waals surface area contributed by atoms with Crippen molar-refractivity contribution in [3.8, 4) is 0 Å². The molecule has 0 aliphatic carbocycles. The molecule has 1 aromatic rings. The lowest BCUT2D eigenvalue weighted by Crippen LogP contribution is -1.91. The van der Waals surface area contributed by atoms with Gasteiger partial charge in [-0.15, -0.1) is 0 Å². The number of nitrogens with zero attached hydrogens (tertiary/aromatic N) is 1. The second kappa shape index (κ2) is 3.68. The van der Waals surface area contributed by atoms with Crippen molar-refractivity contribution in [1.82, 2.24) is 4.98 Å². The average Bonchev–Trinajstić information content (AvgIpc) is 1.85. The minimum atomic E-state index is 0.516. The van der Waals surface area contributed by atoms with Crippen molar-refractivity contribution in [2.24, 2.45) is 0 Å². The van der Waals surface area contributed by atoms with Gasteiger partial charge in [-0.2, -0.15) is 0 Å². The number of hydrogen-bond acceptors (Lipinski definition) is 1. The Morgan fingerprint density at radius 1 is 1.18 bits per heavy atom. The third-order valence-electron chi connectivity index (χ3n) is 1.47. The van der Waals surface area contributed by atoms with Crippen molar-refractivity contribution in [1.29, 1.82) is 0 Å². The Kier molecular flexibility index (Phi) is 3.07. The van der Waals surface area contributed by atoms with E-state index < -0.39 is 0 Å². The van der Waals surface area contributed by atoms with Crippen LogP contribution in [0, 0.1) is 0 Å². The average molecular weight is 279 g/mol. The first-order valence-corrected chi connectivity index (χ1v) is 5.00.